The highest BCUT2D eigenvalue weighted by Gasteiger charge is 2.24. The van der Waals surface area contributed by atoms with Crippen LogP contribution in [0.5, 0.6) is 0 Å². The van der Waals surface area contributed by atoms with Gasteiger partial charge in [-0.25, -0.2) is 0 Å². The monoisotopic (exact) mass is 389 g/mol. The van der Waals surface area contributed by atoms with E-state index in [4.69, 9.17) is 10.5 Å². The van der Waals surface area contributed by atoms with Crippen LogP contribution in [0, 0.1) is 24.0 Å². The highest BCUT2D eigenvalue weighted by molar-refractivity contribution is 5.96. The molecule has 2 aromatic rings. The summed E-state index contributed by atoms with van der Waals surface area (Å²) in [4.78, 5) is 45.7. The Labute approximate surface area is 159 Å². The summed E-state index contributed by atoms with van der Waals surface area (Å²) in [7, 11) is 0. The minimum Gasteiger partial charge on any atom is -0.451 e. The molecule has 28 heavy (non-hydrogen) atoms. The molecule has 1 unspecified atom stereocenters. The van der Waals surface area contributed by atoms with Gasteiger partial charge in [0.15, 0.2) is 6.10 Å². The lowest BCUT2D eigenvalue weighted by molar-refractivity contribution is -0.386. The van der Waals surface area contributed by atoms with E-state index in [9.17, 15) is 24.5 Å². The van der Waals surface area contributed by atoms with Crippen molar-refractivity contribution in [3.63, 3.8) is 0 Å². The number of amides is 2. The van der Waals surface area contributed by atoms with E-state index in [1.54, 1.807) is 0 Å². The number of carbonyl (C=O) groups excluding carboxylic acids is 3. The zero-order valence-corrected chi connectivity index (χ0v) is 15.5. The Bertz CT molecular complexity index is 934. The number of primary amides is 1. The molecule has 0 aliphatic carbocycles. The van der Waals surface area contributed by atoms with Crippen molar-refractivity contribution in [2.45, 2.75) is 33.4 Å². The second kappa shape index (κ2) is 8.29. The van der Waals surface area contributed by atoms with Gasteiger partial charge in [-0.2, -0.15) is 5.10 Å². The number of nitrogens with one attached hydrogen (secondary N) is 1. The molecule has 0 aliphatic rings. The zero-order chi connectivity index (χ0) is 21.0. The van der Waals surface area contributed by atoms with Crippen molar-refractivity contribution in [2.24, 2.45) is 5.73 Å². The van der Waals surface area contributed by atoms with Crippen LogP contribution in [-0.4, -0.2) is 38.6 Å². The molecule has 0 saturated carbocycles. The third kappa shape index (κ3) is 4.69. The highest BCUT2D eigenvalue weighted by Crippen LogP contribution is 2.21. The maximum atomic E-state index is 12.1. The van der Waals surface area contributed by atoms with E-state index in [1.807, 2.05) is 0 Å². The summed E-state index contributed by atoms with van der Waals surface area (Å²) in [5.74, 6) is -1.95. The summed E-state index contributed by atoms with van der Waals surface area (Å²) in [6.07, 6.45) is -1.12. The minimum absolute atomic E-state index is 0.169. The van der Waals surface area contributed by atoms with Crippen molar-refractivity contribution < 1.29 is 24.0 Å². The molecular formula is C17H19N5O6. The predicted octanol–water partition coefficient (Wildman–Crippen LogP) is 1.08. The van der Waals surface area contributed by atoms with E-state index in [1.165, 1.54) is 45.0 Å². The fourth-order valence-electron chi connectivity index (χ4n) is 2.48. The number of rotatable bonds is 7. The topological polar surface area (TPSA) is 159 Å². The van der Waals surface area contributed by atoms with Crippen LogP contribution in [0.3, 0.4) is 0 Å². The average Bonchev–Trinajstić information content (AvgIpc) is 2.88. The third-order valence-corrected chi connectivity index (χ3v) is 3.92. The number of nitrogens with zero attached hydrogens (tertiary/aromatic N) is 3. The number of ether oxygens (including phenoxy) is 1. The van der Waals surface area contributed by atoms with Crippen LogP contribution in [0.15, 0.2) is 24.3 Å². The minimum atomic E-state index is -1.12. The molecule has 11 heteroatoms. The molecule has 3 N–H and O–H groups in total. The molecule has 0 spiro atoms. The second-order valence-electron chi connectivity index (χ2n) is 6.00. The lowest BCUT2D eigenvalue weighted by atomic mass is 10.2. The molecular weight excluding hydrogens is 370 g/mol. The molecule has 0 radical (unpaired) electrons. The molecule has 0 fully saturated rings. The quantitative estimate of drug-likeness (QED) is 0.407. The van der Waals surface area contributed by atoms with Gasteiger partial charge in [0.05, 0.1) is 4.92 Å². The number of nitro groups is 1. The Morgan fingerprint density at radius 1 is 1.29 bits per heavy atom. The lowest BCUT2D eigenvalue weighted by Gasteiger charge is -2.14. The maximum Gasteiger partial charge on any atom is 0.328 e. The van der Waals surface area contributed by atoms with Crippen LogP contribution >= 0.6 is 0 Å². The molecule has 2 amide bonds. The Balaban J connectivity index is 1.96. The van der Waals surface area contributed by atoms with Crippen LogP contribution < -0.4 is 11.1 Å². The van der Waals surface area contributed by atoms with Gasteiger partial charge in [0.1, 0.15) is 17.9 Å². The summed E-state index contributed by atoms with van der Waals surface area (Å²) in [6, 6.07) is 5.87. The normalized spacial score (nSPS) is 11.5. The average molecular weight is 389 g/mol. The highest BCUT2D eigenvalue weighted by atomic mass is 16.6. The van der Waals surface area contributed by atoms with E-state index in [0.29, 0.717) is 5.69 Å². The van der Waals surface area contributed by atoms with Gasteiger partial charge in [0, 0.05) is 11.3 Å². The molecule has 0 bridgehead atoms. The third-order valence-electron chi connectivity index (χ3n) is 3.92. The summed E-state index contributed by atoms with van der Waals surface area (Å²) in [6.45, 7) is 3.95. The SMILES string of the molecule is Cc1nn(CC(=O)OC(C)C(=O)Nc2ccc(C(N)=O)cc2)c(C)c1[N+](=O)[O-]. The summed E-state index contributed by atoms with van der Waals surface area (Å²) in [5.41, 5.74) is 6.05. The number of anilines is 1. The van der Waals surface area contributed by atoms with Gasteiger partial charge in [-0.15, -0.1) is 0 Å². The van der Waals surface area contributed by atoms with E-state index in [2.05, 4.69) is 10.4 Å². The number of aromatic nitrogens is 2. The van der Waals surface area contributed by atoms with Crippen LogP contribution in [0.4, 0.5) is 11.4 Å². The summed E-state index contributed by atoms with van der Waals surface area (Å²) in [5, 5.41) is 17.5. The number of hydrogen-bond donors (Lipinski definition) is 2. The smallest absolute Gasteiger partial charge is 0.328 e. The lowest BCUT2D eigenvalue weighted by Crippen LogP contribution is -2.31. The van der Waals surface area contributed by atoms with Gasteiger partial charge < -0.3 is 15.8 Å². The van der Waals surface area contributed by atoms with Crippen molar-refractivity contribution >= 4 is 29.2 Å². The molecule has 1 atom stereocenters. The largest absolute Gasteiger partial charge is 0.451 e. The van der Waals surface area contributed by atoms with Gasteiger partial charge in [-0.1, -0.05) is 0 Å². The van der Waals surface area contributed by atoms with E-state index < -0.39 is 28.8 Å². The second-order valence-corrected chi connectivity index (χ2v) is 6.00. The Hall–Kier alpha value is -3.76. The summed E-state index contributed by atoms with van der Waals surface area (Å²) < 4.78 is 6.21. The van der Waals surface area contributed by atoms with Gasteiger partial charge in [0.2, 0.25) is 5.91 Å². The van der Waals surface area contributed by atoms with E-state index in [-0.39, 0.29) is 29.2 Å². The van der Waals surface area contributed by atoms with Crippen molar-refractivity contribution in [3.05, 3.63) is 51.3 Å². The molecule has 148 valence electrons. The first-order valence-electron chi connectivity index (χ1n) is 8.18. The molecule has 2 rings (SSSR count). The number of carbonyl (C=O) groups is 3. The summed E-state index contributed by atoms with van der Waals surface area (Å²) >= 11 is 0. The van der Waals surface area contributed by atoms with Crippen LogP contribution in [0.1, 0.15) is 28.7 Å². The van der Waals surface area contributed by atoms with Crippen molar-refractivity contribution in [1.82, 2.24) is 9.78 Å². The van der Waals surface area contributed by atoms with Crippen molar-refractivity contribution in [1.29, 1.82) is 0 Å². The van der Waals surface area contributed by atoms with Gasteiger partial charge in [0.25, 0.3) is 5.91 Å². The number of aryl methyl sites for hydroxylation is 1. The van der Waals surface area contributed by atoms with Crippen LogP contribution in [0.25, 0.3) is 0 Å². The van der Waals surface area contributed by atoms with E-state index >= 15 is 0 Å². The molecule has 1 heterocycles. The standard InChI is InChI=1S/C17H19N5O6/c1-9-15(22(26)27)10(2)21(20-9)8-14(23)28-11(3)17(25)19-13-6-4-12(5-7-13)16(18)24/h4-7,11H,8H2,1-3H3,(H2,18,24)(H,19,25). The first-order valence-corrected chi connectivity index (χ1v) is 8.18. The Morgan fingerprint density at radius 2 is 1.89 bits per heavy atom. The molecule has 11 nitrogen and oxygen atoms in total. The van der Waals surface area contributed by atoms with Gasteiger partial charge >= 0.3 is 11.7 Å². The fraction of sp³-hybridized carbons (Fsp3) is 0.294. The van der Waals surface area contributed by atoms with E-state index in [0.717, 1.165) is 4.68 Å². The van der Waals surface area contributed by atoms with Crippen LogP contribution in [-0.2, 0) is 20.9 Å². The number of benzene rings is 1. The molecule has 1 aromatic carbocycles. The zero-order valence-electron chi connectivity index (χ0n) is 15.5. The van der Waals surface area contributed by atoms with Crippen molar-refractivity contribution in [3.8, 4) is 0 Å². The predicted molar refractivity (Wildman–Crippen MR) is 97.5 cm³/mol. The fourth-order valence-corrected chi connectivity index (χ4v) is 2.48. The maximum absolute atomic E-state index is 12.1. The van der Waals surface area contributed by atoms with Gasteiger partial charge in [-0.3, -0.25) is 29.2 Å². The number of nitrogens with two attached hydrogens (primary N) is 1. The molecule has 0 aliphatic heterocycles. The Morgan fingerprint density at radius 3 is 2.39 bits per heavy atom. The first-order chi connectivity index (χ1) is 13.1. The van der Waals surface area contributed by atoms with Gasteiger partial charge in [-0.05, 0) is 45.0 Å². The van der Waals surface area contributed by atoms with Crippen LogP contribution in [0.2, 0.25) is 0 Å². The number of esters is 1. The number of hydrogen-bond acceptors (Lipinski definition) is 7. The first kappa shape index (κ1) is 20.6. The van der Waals surface area contributed by atoms with Crippen molar-refractivity contribution in [2.75, 3.05) is 5.32 Å². The Kier molecular flexibility index (Phi) is 6.08. The molecule has 0 saturated heterocycles. The molecule has 1 aromatic heterocycles.